The number of amides is 2. The minimum absolute atomic E-state index is 0.0157. The maximum atomic E-state index is 12.4. The van der Waals surface area contributed by atoms with Gasteiger partial charge in [-0.2, -0.15) is 0 Å². The van der Waals surface area contributed by atoms with E-state index in [1.165, 1.54) is 4.90 Å². The zero-order chi connectivity index (χ0) is 15.4. The predicted molar refractivity (Wildman–Crippen MR) is 75.1 cm³/mol. The number of carboxylic acids is 1. The van der Waals surface area contributed by atoms with Crippen LogP contribution in [0.3, 0.4) is 0 Å². The first-order chi connectivity index (χ1) is 10.0. The van der Waals surface area contributed by atoms with Gasteiger partial charge in [-0.15, -0.1) is 6.42 Å². The van der Waals surface area contributed by atoms with Gasteiger partial charge in [0, 0.05) is 19.0 Å². The van der Waals surface area contributed by atoms with Crippen LogP contribution in [0.1, 0.15) is 25.7 Å². The van der Waals surface area contributed by atoms with Crippen molar-refractivity contribution in [3.63, 3.8) is 0 Å². The minimum Gasteiger partial charge on any atom is -0.480 e. The molecule has 6 heteroatoms. The Balaban J connectivity index is 1.97. The molecule has 1 saturated heterocycles. The summed E-state index contributed by atoms with van der Waals surface area (Å²) in [6.45, 7) is 0.663. The third-order valence-corrected chi connectivity index (χ3v) is 3.93. The smallest absolute Gasteiger partial charge is 0.323 e. The maximum Gasteiger partial charge on any atom is 0.323 e. The van der Waals surface area contributed by atoms with Crippen molar-refractivity contribution >= 4 is 17.8 Å². The number of likely N-dealkylation sites (tertiary alicyclic amines) is 1. The lowest BCUT2D eigenvalue weighted by Crippen LogP contribution is -2.48. The number of aliphatic carboxylic acids is 1. The third kappa shape index (κ3) is 3.97. The van der Waals surface area contributed by atoms with Crippen molar-refractivity contribution in [3.8, 4) is 12.3 Å². The number of carbonyl (C=O) groups is 3. The van der Waals surface area contributed by atoms with Crippen molar-refractivity contribution in [2.75, 3.05) is 26.2 Å². The molecule has 0 aromatic rings. The fourth-order valence-corrected chi connectivity index (χ4v) is 2.71. The van der Waals surface area contributed by atoms with Crippen LogP contribution in [0.4, 0.5) is 0 Å². The zero-order valence-electron chi connectivity index (χ0n) is 12.0. The summed E-state index contributed by atoms with van der Waals surface area (Å²) in [4.78, 5) is 38.2. The molecule has 21 heavy (non-hydrogen) atoms. The number of carbonyl (C=O) groups excluding carboxylic acids is 2. The minimum atomic E-state index is -1.08. The Morgan fingerprint density at radius 2 is 1.95 bits per heavy atom. The van der Waals surface area contributed by atoms with E-state index >= 15 is 0 Å². The van der Waals surface area contributed by atoms with Gasteiger partial charge in [0.05, 0.1) is 12.5 Å². The van der Waals surface area contributed by atoms with Crippen molar-refractivity contribution in [3.05, 3.63) is 0 Å². The van der Waals surface area contributed by atoms with E-state index < -0.39 is 12.5 Å². The van der Waals surface area contributed by atoms with Crippen molar-refractivity contribution in [2.45, 2.75) is 25.7 Å². The molecule has 1 atom stereocenters. The van der Waals surface area contributed by atoms with Crippen molar-refractivity contribution in [1.82, 2.24) is 9.80 Å². The van der Waals surface area contributed by atoms with E-state index in [4.69, 9.17) is 11.5 Å². The number of nitrogens with zero attached hydrogens (tertiary/aromatic N) is 2. The van der Waals surface area contributed by atoms with Gasteiger partial charge in [0.15, 0.2) is 0 Å². The number of hydrogen-bond donors (Lipinski definition) is 1. The molecule has 1 aliphatic carbocycles. The molecule has 2 amide bonds. The highest BCUT2D eigenvalue weighted by Gasteiger charge is 2.37. The lowest BCUT2D eigenvalue weighted by atomic mass is 9.96. The van der Waals surface area contributed by atoms with E-state index in [-0.39, 0.29) is 30.2 Å². The molecule has 0 radical (unpaired) electrons. The topological polar surface area (TPSA) is 77.9 Å². The van der Waals surface area contributed by atoms with Crippen LogP contribution in [0.2, 0.25) is 0 Å². The largest absolute Gasteiger partial charge is 0.480 e. The van der Waals surface area contributed by atoms with Gasteiger partial charge in [-0.3, -0.25) is 14.4 Å². The summed E-state index contributed by atoms with van der Waals surface area (Å²) in [5.74, 6) is 0.906. The quantitative estimate of drug-likeness (QED) is 0.733. The van der Waals surface area contributed by atoms with Crippen molar-refractivity contribution < 1.29 is 19.5 Å². The van der Waals surface area contributed by atoms with Crippen LogP contribution in [0.15, 0.2) is 0 Å². The van der Waals surface area contributed by atoms with Crippen LogP contribution in [0, 0.1) is 24.2 Å². The standard InChI is InChI=1S/C15H20N2O4/c1-2-7-16(10-13(18)19)15(21)12-4-3-8-17(9-12)14(20)11-5-6-11/h1,11-12H,3-10H2,(H,18,19). The zero-order valence-corrected chi connectivity index (χ0v) is 12.0. The first kappa shape index (κ1) is 15.4. The number of rotatable bonds is 5. The summed E-state index contributed by atoms with van der Waals surface area (Å²) >= 11 is 0. The van der Waals surface area contributed by atoms with Crippen molar-refractivity contribution in [2.24, 2.45) is 11.8 Å². The second kappa shape index (κ2) is 6.61. The molecule has 0 aromatic heterocycles. The second-order valence-electron chi connectivity index (χ2n) is 5.69. The Kier molecular flexibility index (Phi) is 4.84. The molecular formula is C15H20N2O4. The van der Waals surface area contributed by atoms with Gasteiger partial charge >= 0.3 is 5.97 Å². The Bertz CT molecular complexity index is 479. The lowest BCUT2D eigenvalue weighted by Gasteiger charge is -2.34. The summed E-state index contributed by atoms with van der Waals surface area (Å²) in [5, 5.41) is 8.85. The van der Waals surface area contributed by atoms with Crippen LogP contribution in [-0.4, -0.2) is 58.9 Å². The van der Waals surface area contributed by atoms with Gasteiger partial charge in [-0.1, -0.05) is 5.92 Å². The van der Waals surface area contributed by atoms with E-state index in [1.807, 2.05) is 0 Å². The Labute approximate surface area is 124 Å². The number of piperidine rings is 1. The highest BCUT2D eigenvalue weighted by molar-refractivity contribution is 5.85. The van der Waals surface area contributed by atoms with E-state index in [2.05, 4.69) is 5.92 Å². The molecule has 6 nitrogen and oxygen atoms in total. The third-order valence-electron chi connectivity index (χ3n) is 3.93. The molecule has 0 spiro atoms. The van der Waals surface area contributed by atoms with Gasteiger partial charge in [-0.25, -0.2) is 0 Å². The molecule has 1 N–H and O–H groups in total. The summed E-state index contributed by atoms with van der Waals surface area (Å²) in [5.41, 5.74) is 0. The molecule has 114 valence electrons. The monoisotopic (exact) mass is 292 g/mol. The molecule has 0 bridgehead atoms. The van der Waals surface area contributed by atoms with E-state index in [0.717, 1.165) is 19.3 Å². The van der Waals surface area contributed by atoms with E-state index in [9.17, 15) is 14.4 Å². The Morgan fingerprint density at radius 3 is 2.52 bits per heavy atom. The first-order valence-electron chi connectivity index (χ1n) is 7.25. The summed E-state index contributed by atoms with van der Waals surface area (Å²) in [7, 11) is 0. The van der Waals surface area contributed by atoms with Gasteiger partial charge in [-0.05, 0) is 25.7 Å². The molecule has 2 rings (SSSR count). The molecule has 2 aliphatic rings. The average Bonchev–Trinajstić information content (AvgIpc) is 3.29. The average molecular weight is 292 g/mol. The number of carboxylic acid groups (broad SMARTS) is 1. The molecular weight excluding hydrogens is 272 g/mol. The van der Waals surface area contributed by atoms with E-state index in [0.29, 0.717) is 19.5 Å². The van der Waals surface area contributed by atoms with Gasteiger partial charge in [0.2, 0.25) is 11.8 Å². The molecule has 1 heterocycles. The van der Waals surface area contributed by atoms with Crippen LogP contribution in [0.25, 0.3) is 0 Å². The molecule has 1 unspecified atom stereocenters. The fourth-order valence-electron chi connectivity index (χ4n) is 2.71. The van der Waals surface area contributed by atoms with Gasteiger partial charge < -0.3 is 14.9 Å². The van der Waals surface area contributed by atoms with Crippen LogP contribution in [0.5, 0.6) is 0 Å². The fraction of sp³-hybridized carbons (Fsp3) is 0.667. The highest BCUT2D eigenvalue weighted by Crippen LogP contribution is 2.32. The predicted octanol–water partition coefficient (Wildman–Crippen LogP) is 0.181. The van der Waals surface area contributed by atoms with Crippen LogP contribution < -0.4 is 0 Å². The lowest BCUT2D eigenvalue weighted by molar-refractivity contribution is -0.148. The summed E-state index contributed by atoms with van der Waals surface area (Å²) in [6, 6.07) is 0. The maximum absolute atomic E-state index is 12.4. The molecule has 1 aliphatic heterocycles. The summed E-state index contributed by atoms with van der Waals surface area (Å²) < 4.78 is 0. The molecule has 1 saturated carbocycles. The first-order valence-corrected chi connectivity index (χ1v) is 7.25. The number of terminal acetylenes is 1. The van der Waals surface area contributed by atoms with Crippen LogP contribution in [-0.2, 0) is 14.4 Å². The van der Waals surface area contributed by atoms with E-state index in [1.54, 1.807) is 4.90 Å². The Morgan fingerprint density at radius 1 is 1.24 bits per heavy atom. The van der Waals surface area contributed by atoms with Gasteiger partial charge in [0.1, 0.15) is 6.54 Å². The number of hydrogen-bond acceptors (Lipinski definition) is 3. The SMILES string of the molecule is C#CCN(CC(=O)O)C(=O)C1CCCN(C(=O)C2CC2)C1. The summed E-state index contributed by atoms with van der Waals surface area (Å²) in [6.07, 6.45) is 8.52. The second-order valence-corrected chi connectivity index (χ2v) is 5.69. The Hall–Kier alpha value is -2.03. The van der Waals surface area contributed by atoms with Crippen molar-refractivity contribution in [1.29, 1.82) is 0 Å². The van der Waals surface area contributed by atoms with Gasteiger partial charge in [0.25, 0.3) is 0 Å². The normalized spacial score (nSPS) is 21.5. The molecule has 2 fully saturated rings. The van der Waals surface area contributed by atoms with Crippen LogP contribution >= 0.6 is 0 Å². The highest BCUT2D eigenvalue weighted by atomic mass is 16.4. The molecule has 0 aromatic carbocycles.